The molecule has 0 N–H and O–H groups in total. The molecule has 0 spiro atoms. The van der Waals surface area contributed by atoms with Gasteiger partial charge in [-0.1, -0.05) is 30.3 Å². The summed E-state index contributed by atoms with van der Waals surface area (Å²) in [5, 5.41) is 4.09. The van der Waals surface area contributed by atoms with Crippen molar-refractivity contribution in [2.75, 3.05) is 6.61 Å². The smallest absolute Gasteiger partial charge is 0.378 e. The van der Waals surface area contributed by atoms with Crippen molar-refractivity contribution >= 4 is 5.97 Å². The molecule has 0 unspecified atom stereocenters. The molecule has 0 radical (unpaired) electrons. The van der Waals surface area contributed by atoms with Gasteiger partial charge in [-0.2, -0.15) is 0 Å². The number of esters is 1. The highest BCUT2D eigenvalue weighted by Crippen LogP contribution is 2.07. The van der Waals surface area contributed by atoms with Crippen molar-refractivity contribution in [3.8, 4) is 0 Å². The number of hydrogen-bond donors (Lipinski definition) is 0. The molecule has 0 aliphatic carbocycles. The van der Waals surface area contributed by atoms with Gasteiger partial charge in [-0.05, 0) is 25.3 Å². The third-order valence-corrected chi connectivity index (χ3v) is 3.02. The average molecular weight is 273 g/mol. The highest BCUT2D eigenvalue weighted by Gasteiger charge is 2.15. The minimum atomic E-state index is -0.461. The van der Waals surface area contributed by atoms with Gasteiger partial charge >= 0.3 is 5.97 Å². The first-order chi connectivity index (χ1) is 9.70. The van der Waals surface area contributed by atoms with E-state index in [0.29, 0.717) is 6.61 Å². The third-order valence-electron chi connectivity index (χ3n) is 3.02. The van der Waals surface area contributed by atoms with Gasteiger partial charge in [0.2, 0.25) is 0 Å². The van der Waals surface area contributed by atoms with Crippen LogP contribution in [0.3, 0.4) is 0 Å². The Labute approximate surface area is 118 Å². The first kappa shape index (κ1) is 14.2. The molecule has 1 heterocycles. The monoisotopic (exact) mass is 273 g/mol. The Kier molecular flexibility index (Phi) is 4.87. The molecular weight excluding hydrogens is 254 g/mol. The van der Waals surface area contributed by atoms with Crippen LogP contribution in [0.5, 0.6) is 0 Å². The van der Waals surface area contributed by atoms with E-state index < -0.39 is 5.97 Å². The number of aryl methyl sites for hydroxylation is 3. The van der Waals surface area contributed by atoms with Gasteiger partial charge in [0.1, 0.15) is 5.82 Å². The lowest BCUT2D eigenvalue weighted by molar-refractivity contribution is 0.0512. The van der Waals surface area contributed by atoms with Crippen LogP contribution in [-0.2, 0) is 24.6 Å². The molecule has 2 rings (SSSR count). The summed E-state index contributed by atoms with van der Waals surface area (Å²) in [5.74, 6) is 0.491. The molecule has 106 valence electrons. The van der Waals surface area contributed by atoms with Crippen LogP contribution in [0, 0.1) is 0 Å². The van der Waals surface area contributed by atoms with Gasteiger partial charge in [0.05, 0.1) is 6.61 Å². The Balaban J connectivity index is 1.91. The second kappa shape index (κ2) is 6.84. The number of benzene rings is 1. The molecule has 0 bridgehead atoms. The van der Waals surface area contributed by atoms with E-state index in [9.17, 15) is 4.79 Å². The van der Waals surface area contributed by atoms with Crippen molar-refractivity contribution in [2.45, 2.75) is 26.2 Å². The van der Waals surface area contributed by atoms with Gasteiger partial charge in [-0.15, -0.1) is 5.10 Å². The molecule has 0 fully saturated rings. The molecule has 20 heavy (non-hydrogen) atoms. The van der Waals surface area contributed by atoms with Gasteiger partial charge in [0.25, 0.3) is 5.82 Å². The predicted molar refractivity (Wildman–Crippen MR) is 75.4 cm³/mol. The van der Waals surface area contributed by atoms with Crippen LogP contribution in [0.2, 0.25) is 0 Å². The fourth-order valence-electron chi connectivity index (χ4n) is 2.01. The van der Waals surface area contributed by atoms with Crippen molar-refractivity contribution in [1.82, 2.24) is 14.8 Å². The van der Waals surface area contributed by atoms with Gasteiger partial charge in [0.15, 0.2) is 0 Å². The van der Waals surface area contributed by atoms with Crippen molar-refractivity contribution < 1.29 is 9.53 Å². The standard InChI is InChI=1S/C15H19N3O2/c1-3-20-15(19)14-16-13(18(2)17-14)11-7-10-12-8-5-4-6-9-12/h4-6,8-9H,3,7,10-11H2,1-2H3. The van der Waals surface area contributed by atoms with Crippen LogP contribution < -0.4 is 0 Å². The molecular formula is C15H19N3O2. The van der Waals surface area contributed by atoms with Gasteiger partial charge < -0.3 is 4.74 Å². The van der Waals surface area contributed by atoms with E-state index in [1.807, 2.05) is 18.2 Å². The average Bonchev–Trinajstić information content (AvgIpc) is 2.82. The summed E-state index contributed by atoms with van der Waals surface area (Å²) in [6.45, 7) is 2.10. The van der Waals surface area contributed by atoms with Crippen LogP contribution in [0.25, 0.3) is 0 Å². The second-order valence-electron chi connectivity index (χ2n) is 4.53. The Morgan fingerprint density at radius 3 is 2.70 bits per heavy atom. The van der Waals surface area contributed by atoms with Crippen molar-refractivity contribution in [1.29, 1.82) is 0 Å². The fourth-order valence-corrected chi connectivity index (χ4v) is 2.01. The second-order valence-corrected chi connectivity index (χ2v) is 4.53. The van der Waals surface area contributed by atoms with Crippen LogP contribution >= 0.6 is 0 Å². The maximum atomic E-state index is 11.5. The van der Waals surface area contributed by atoms with Crippen molar-refractivity contribution in [3.63, 3.8) is 0 Å². The highest BCUT2D eigenvalue weighted by molar-refractivity contribution is 5.84. The number of carbonyl (C=O) groups excluding carboxylic acids is 1. The number of rotatable bonds is 6. The molecule has 0 aliphatic heterocycles. The van der Waals surface area contributed by atoms with Crippen LogP contribution in [0.15, 0.2) is 30.3 Å². The van der Waals surface area contributed by atoms with E-state index in [-0.39, 0.29) is 5.82 Å². The van der Waals surface area contributed by atoms with Gasteiger partial charge in [-0.25, -0.2) is 9.78 Å². The zero-order valence-corrected chi connectivity index (χ0v) is 11.9. The summed E-state index contributed by atoms with van der Waals surface area (Å²) in [6, 6.07) is 10.3. The van der Waals surface area contributed by atoms with Crippen LogP contribution in [0.1, 0.15) is 35.4 Å². The Morgan fingerprint density at radius 1 is 1.25 bits per heavy atom. The van der Waals surface area contributed by atoms with Crippen molar-refractivity contribution in [3.05, 3.63) is 47.5 Å². The quantitative estimate of drug-likeness (QED) is 0.757. The zero-order valence-electron chi connectivity index (χ0n) is 11.9. The topological polar surface area (TPSA) is 57.0 Å². The highest BCUT2D eigenvalue weighted by atomic mass is 16.5. The van der Waals surface area contributed by atoms with E-state index in [4.69, 9.17) is 4.74 Å². The maximum absolute atomic E-state index is 11.5. The molecule has 0 saturated heterocycles. The Hall–Kier alpha value is -2.17. The molecule has 2 aromatic rings. The summed E-state index contributed by atoms with van der Waals surface area (Å²) in [7, 11) is 1.80. The maximum Gasteiger partial charge on any atom is 0.378 e. The zero-order chi connectivity index (χ0) is 14.4. The largest absolute Gasteiger partial charge is 0.460 e. The summed E-state index contributed by atoms with van der Waals surface area (Å²) >= 11 is 0. The lowest BCUT2D eigenvalue weighted by Gasteiger charge is -2.01. The molecule has 0 amide bonds. The summed E-state index contributed by atoms with van der Waals surface area (Å²) in [5.41, 5.74) is 1.31. The van der Waals surface area contributed by atoms with Crippen LogP contribution in [0.4, 0.5) is 0 Å². The number of carbonyl (C=O) groups is 1. The normalized spacial score (nSPS) is 10.5. The SMILES string of the molecule is CCOC(=O)c1nc(CCCc2ccccc2)n(C)n1. The molecule has 5 heteroatoms. The molecule has 0 aliphatic rings. The first-order valence-electron chi connectivity index (χ1n) is 6.81. The summed E-state index contributed by atoms with van der Waals surface area (Å²) in [6.07, 6.45) is 2.75. The predicted octanol–water partition coefficient (Wildman–Crippen LogP) is 2.17. The molecule has 0 saturated carbocycles. The molecule has 0 atom stereocenters. The van der Waals surface area contributed by atoms with Gasteiger partial charge in [0, 0.05) is 13.5 Å². The fraction of sp³-hybridized carbons (Fsp3) is 0.400. The molecule has 1 aromatic carbocycles. The lowest BCUT2D eigenvalue weighted by atomic mass is 10.1. The van der Waals surface area contributed by atoms with E-state index in [0.717, 1.165) is 25.1 Å². The van der Waals surface area contributed by atoms with E-state index >= 15 is 0 Å². The third kappa shape index (κ3) is 3.66. The number of aromatic nitrogens is 3. The lowest BCUT2D eigenvalue weighted by Crippen LogP contribution is -2.07. The number of ether oxygens (including phenoxy) is 1. The first-order valence-corrected chi connectivity index (χ1v) is 6.81. The van der Waals surface area contributed by atoms with E-state index in [1.165, 1.54) is 5.56 Å². The summed E-state index contributed by atoms with van der Waals surface area (Å²) < 4.78 is 6.54. The Bertz CT molecular complexity index is 564. The number of hydrogen-bond acceptors (Lipinski definition) is 4. The Morgan fingerprint density at radius 2 is 2.00 bits per heavy atom. The number of nitrogens with zero attached hydrogens (tertiary/aromatic N) is 3. The minimum Gasteiger partial charge on any atom is -0.460 e. The minimum absolute atomic E-state index is 0.143. The van der Waals surface area contributed by atoms with E-state index in [2.05, 4.69) is 22.2 Å². The van der Waals surface area contributed by atoms with Crippen molar-refractivity contribution in [2.24, 2.45) is 7.05 Å². The van der Waals surface area contributed by atoms with Crippen LogP contribution in [-0.4, -0.2) is 27.3 Å². The molecule has 1 aromatic heterocycles. The molecule has 5 nitrogen and oxygen atoms in total. The van der Waals surface area contributed by atoms with E-state index in [1.54, 1.807) is 18.7 Å². The summed E-state index contributed by atoms with van der Waals surface area (Å²) in [4.78, 5) is 15.8. The van der Waals surface area contributed by atoms with Gasteiger partial charge in [-0.3, -0.25) is 4.68 Å².